The van der Waals surface area contributed by atoms with Gasteiger partial charge in [-0.3, -0.25) is 0 Å². The highest BCUT2D eigenvalue weighted by atomic mass is 16.6. The minimum absolute atomic E-state index is 0.0595. The first kappa shape index (κ1) is 17.0. The highest BCUT2D eigenvalue weighted by Crippen LogP contribution is 2.69. The smallest absolute Gasteiger partial charge is 0.120 e. The van der Waals surface area contributed by atoms with E-state index in [0.29, 0.717) is 0 Å². The van der Waals surface area contributed by atoms with Crippen molar-refractivity contribution in [3.05, 3.63) is 12.2 Å². The predicted molar refractivity (Wildman–Crippen MR) is 91.6 cm³/mol. The van der Waals surface area contributed by atoms with E-state index in [2.05, 4.69) is 13.5 Å². The largest absolute Gasteiger partial charge is 0.393 e. The summed E-state index contributed by atoms with van der Waals surface area (Å²) in [6, 6.07) is 0. The van der Waals surface area contributed by atoms with Crippen LogP contribution in [0.15, 0.2) is 12.2 Å². The zero-order chi connectivity index (χ0) is 17.4. The van der Waals surface area contributed by atoms with Crippen molar-refractivity contribution < 1.29 is 19.7 Å². The van der Waals surface area contributed by atoms with Gasteiger partial charge in [0, 0.05) is 12.3 Å². The number of epoxide rings is 2. The molecule has 4 fully saturated rings. The zero-order valence-electron chi connectivity index (χ0n) is 15.3. The van der Waals surface area contributed by atoms with E-state index < -0.39 is 11.2 Å². The highest BCUT2D eigenvalue weighted by Gasteiger charge is 2.77. The molecule has 0 aromatic heterocycles. The summed E-state index contributed by atoms with van der Waals surface area (Å²) >= 11 is 0. The van der Waals surface area contributed by atoms with Crippen molar-refractivity contribution in [3.8, 4) is 0 Å². The van der Waals surface area contributed by atoms with Crippen molar-refractivity contribution in [1.82, 2.24) is 0 Å². The maximum atomic E-state index is 10.8. The number of allylic oxidation sites excluding steroid dienone is 1. The molecule has 0 aromatic carbocycles. The summed E-state index contributed by atoms with van der Waals surface area (Å²) in [4.78, 5) is 0. The monoisotopic (exact) mass is 336 g/mol. The number of fused-ring (bicyclic) bond motifs is 1. The molecule has 6 atom stereocenters. The Kier molecular flexibility index (Phi) is 3.59. The summed E-state index contributed by atoms with van der Waals surface area (Å²) in [6.45, 7) is 10.5. The lowest BCUT2D eigenvalue weighted by Gasteiger charge is -2.37. The first-order valence-corrected chi connectivity index (χ1v) is 9.52. The Labute approximate surface area is 145 Å². The molecule has 1 spiro atoms. The van der Waals surface area contributed by atoms with Gasteiger partial charge in [0.15, 0.2) is 0 Å². The van der Waals surface area contributed by atoms with Crippen LogP contribution in [0.25, 0.3) is 0 Å². The van der Waals surface area contributed by atoms with Crippen molar-refractivity contribution >= 4 is 0 Å². The van der Waals surface area contributed by atoms with E-state index in [1.807, 2.05) is 13.8 Å². The van der Waals surface area contributed by atoms with Gasteiger partial charge in [-0.2, -0.15) is 0 Å². The molecule has 4 aliphatic rings. The van der Waals surface area contributed by atoms with E-state index in [1.165, 1.54) is 5.57 Å². The Morgan fingerprint density at radius 3 is 2.58 bits per heavy atom. The van der Waals surface area contributed by atoms with Crippen LogP contribution in [0.2, 0.25) is 0 Å². The van der Waals surface area contributed by atoms with E-state index in [0.717, 1.165) is 44.9 Å². The number of aliphatic hydroxyl groups excluding tert-OH is 1. The third-order valence-corrected chi connectivity index (χ3v) is 7.55. The molecule has 2 aliphatic carbocycles. The van der Waals surface area contributed by atoms with Gasteiger partial charge >= 0.3 is 0 Å². The minimum atomic E-state index is -0.750. The van der Waals surface area contributed by atoms with Crippen LogP contribution in [-0.2, 0) is 9.47 Å². The van der Waals surface area contributed by atoms with Gasteiger partial charge in [0.2, 0.25) is 0 Å². The molecule has 0 aromatic rings. The van der Waals surface area contributed by atoms with Gasteiger partial charge in [-0.25, -0.2) is 0 Å². The van der Waals surface area contributed by atoms with Gasteiger partial charge in [0.05, 0.1) is 24.4 Å². The van der Waals surface area contributed by atoms with Gasteiger partial charge in [-0.05, 0) is 57.8 Å². The van der Waals surface area contributed by atoms with Crippen molar-refractivity contribution in [2.45, 2.75) is 94.7 Å². The van der Waals surface area contributed by atoms with Gasteiger partial charge < -0.3 is 19.7 Å². The lowest BCUT2D eigenvalue weighted by molar-refractivity contribution is -0.0299. The molecule has 4 rings (SSSR count). The maximum absolute atomic E-state index is 10.8. The Morgan fingerprint density at radius 2 is 1.92 bits per heavy atom. The molecular formula is C20H32O4. The van der Waals surface area contributed by atoms with Crippen molar-refractivity contribution in [1.29, 1.82) is 0 Å². The second-order valence-corrected chi connectivity index (χ2v) is 9.53. The number of hydrogen-bond acceptors (Lipinski definition) is 4. The fourth-order valence-electron chi connectivity index (χ4n) is 5.90. The summed E-state index contributed by atoms with van der Waals surface area (Å²) in [5.41, 5.74) is -0.100. The van der Waals surface area contributed by atoms with Crippen LogP contribution >= 0.6 is 0 Å². The van der Waals surface area contributed by atoms with Gasteiger partial charge in [-0.1, -0.05) is 19.1 Å². The van der Waals surface area contributed by atoms with Crippen LogP contribution in [0.1, 0.15) is 65.7 Å². The van der Waals surface area contributed by atoms with Crippen LogP contribution in [0.3, 0.4) is 0 Å². The second kappa shape index (κ2) is 5.06. The molecule has 0 radical (unpaired) electrons. The van der Waals surface area contributed by atoms with Crippen LogP contribution in [0, 0.1) is 11.3 Å². The van der Waals surface area contributed by atoms with Crippen molar-refractivity contribution in [3.63, 3.8) is 0 Å². The van der Waals surface area contributed by atoms with Crippen molar-refractivity contribution in [2.24, 2.45) is 11.3 Å². The standard InChI is InChI=1S/C20H32O4/c1-13-5-6-15-19(12-21,23-15)11-16-20(24-16)14(17(2,3)22)8-10-18(20,4)9-7-13/h14-16,21-22H,1,5-12H2,2-4H3/t14-,15+,16-,18+,19-,20-/m0/s1. The molecule has 2 aliphatic heterocycles. The molecule has 2 heterocycles. The number of ether oxygens (including phenoxy) is 2. The SMILES string of the molecule is C=C1CC[C@H]2O[C@]2(CO)C[C@@H]2O[C@@]23[C@H](C(C)(C)O)CC[C@@]3(C)CC1. The van der Waals surface area contributed by atoms with Crippen molar-refractivity contribution in [2.75, 3.05) is 6.61 Å². The lowest BCUT2D eigenvalue weighted by atomic mass is 9.67. The Balaban J connectivity index is 1.68. The first-order valence-electron chi connectivity index (χ1n) is 9.52. The fraction of sp³-hybridized carbons (Fsp3) is 0.900. The Morgan fingerprint density at radius 1 is 1.17 bits per heavy atom. The van der Waals surface area contributed by atoms with Gasteiger partial charge in [-0.15, -0.1) is 0 Å². The van der Waals surface area contributed by atoms with Crippen LogP contribution in [-0.4, -0.2) is 45.8 Å². The normalized spacial score (nSPS) is 51.2. The topological polar surface area (TPSA) is 65.5 Å². The van der Waals surface area contributed by atoms with E-state index in [4.69, 9.17) is 9.47 Å². The molecule has 2 N–H and O–H groups in total. The summed E-state index contributed by atoms with van der Waals surface area (Å²) < 4.78 is 12.4. The van der Waals surface area contributed by atoms with Gasteiger partial charge in [0.1, 0.15) is 11.2 Å². The molecule has 4 heteroatoms. The van der Waals surface area contributed by atoms with E-state index >= 15 is 0 Å². The third-order valence-electron chi connectivity index (χ3n) is 7.55. The third kappa shape index (κ3) is 2.26. The molecule has 0 bridgehead atoms. The van der Waals surface area contributed by atoms with Crippen LogP contribution < -0.4 is 0 Å². The second-order valence-electron chi connectivity index (χ2n) is 9.53. The summed E-state index contributed by atoms with van der Waals surface area (Å²) in [7, 11) is 0. The van der Waals surface area contributed by atoms with Gasteiger partial charge in [0.25, 0.3) is 0 Å². The lowest BCUT2D eigenvalue weighted by Crippen LogP contribution is -2.46. The van der Waals surface area contributed by atoms with E-state index in [9.17, 15) is 10.2 Å². The molecular weight excluding hydrogens is 304 g/mol. The van der Waals surface area contributed by atoms with E-state index in [-0.39, 0.29) is 35.7 Å². The summed E-state index contributed by atoms with van der Waals surface area (Å²) in [5.74, 6) is 0.141. The minimum Gasteiger partial charge on any atom is -0.393 e. The number of rotatable bonds is 2. The summed E-state index contributed by atoms with van der Waals surface area (Å²) in [5, 5.41) is 20.7. The molecule has 0 unspecified atom stereocenters. The predicted octanol–water partition coefficient (Wildman–Crippen LogP) is 2.96. The average molecular weight is 336 g/mol. The fourth-order valence-corrected chi connectivity index (χ4v) is 5.90. The molecule has 136 valence electrons. The quantitative estimate of drug-likeness (QED) is 0.601. The molecule has 4 nitrogen and oxygen atoms in total. The Hall–Kier alpha value is -0.420. The number of aliphatic hydroxyl groups is 2. The molecule has 24 heavy (non-hydrogen) atoms. The molecule has 0 amide bonds. The number of hydrogen-bond donors (Lipinski definition) is 2. The summed E-state index contributed by atoms with van der Waals surface area (Å²) in [6.07, 6.45) is 7.08. The first-order chi connectivity index (χ1) is 11.2. The highest BCUT2D eigenvalue weighted by molar-refractivity contribution is 5.25. The van der Waals surface area contributed by atoms with Crippen LogP contribution in [0.4, 0.5) is 0 Å². The van der Waals surface area contributed by atoms with E-state index in [1.54, 1.807) is 0 Å². The molecule has 2 saturated heterocycles. The molecule has 2 saturated carbocycles. The van der Waals surface area contributed by atoms with Crippen LogP contribution in [0.5, 0.6) is 0 Å². The zero-order valence-corrected chi connectivity index (χ0v) is 15.3. The average Bonchev–Trinajstić information content (AvgIpc) is 3.35. The Bertz CT molecular complexity index is 552. The maximum Gasteiger partial charge on any atom is 0.120 e.